The van der Waals surface area contributed by atoms with Crippen LogP contribution in [0, 0.1) is 11.8 Å². The lowest BCUT2D eigenvalue weighted by atomic mass is 9.95. The monoisotopic (exact) mass is 535 g/mol. The molecular formula is C28H45N3O7. The molecule has 10 heteroatoms. The number of hydrogen-bond donors (Lipinski definition) is 3. The quantitative estimate of drug-likeness (QED) is 0.311. The number of hydrogen-bond acceptors (Lipinski definition) is 7. The van der Waals surface area contributed by atoms with Crippen LogP contribution < -0.4 is 16.0 Å². The Kier molecular flexibility index (Phi) is 13.8. The van der Waals surface area contributed by atoms with Crippen molar-refractivity contribution < 1.29 is 33.4 Å². The second-order valence-corrected chi connectivity index (χ2v) is 10.5. The highest BCUT2D eigenvalue weighted by atomic mass is 16.6. The molecule has 1 aromatic carbocycles. The van der Waals surface area contributed by atoms with Crippen LogP contribution >= 0.6 is 0 Å². The number of carbonyl (C=O) groups is 4. The number of amides is 3. The Balaban J connectivity index is 2.98. The predicted octanol–water partition coefficient (Wildman–Crippen LogP) is 3.33. The zero-order valence-corrected chi connectivity index (χ0v) is 24.0. The minimum atomic E-state index is -1.06. The van der Waals surface area contributed by atoms with Crippen LogP contribution in [-0.2, 0) is 35.2 Å². The average Bonchev–Trinajstić information content (AvgIpc) is 2.87. The van der Waals surface area contributed by atoms with Crippen molar-refractivity contribution in [1.29, 1.82) is 0 Å². The van der Waals surface area contributed by atoms with Crippen LogP contribution in [-0.4, -0.2) is 61.3 Å². The van der Waals surface area contributed by atoms with Gasteiger partial charge in [-0.3, -0.25) is 9.59 Å². The molecule has 10 nitrogen and oxygen atoms in total. The zero-order valence-electron chi connectivity index (χ0n) is 24.0. The van der Waals surface area contributed by atoms with Crippen molar-refractivity contribution in [1.82, 2.24) is 16.0 Å². The van der Waals surface area contributed by atoms with Crippen molar-refractivity contribution in [3.8, 4) is 0 Å². The third-order valence-corrected chi connectivity index (χ3v) is 6.16. The maximum absolute atomic E-state index is 13.3. The summed E-state index contributed by atoms with van der Waals surface area (Å²) in [5.74, 6) is -2.21. The summed E-state index contributed by atoms with van der Waals surface area (Å²) in [6, 6.07) is 6.48. The molecule has 0 aliphatic heterocycles. The number of esters is 1. The minimum Gasteiger partial charge on any atom is -0.467 e. The summed E-state index contributed by atoms with van der Waals surface area (Å²) < 4.78 is 15.8. The van der Waals surface area contributed by atoms with Crippen molar-refractivity contribution in [2.24, 2.45) is 11.8 Å². The lowest BCUT2D eigenvalue weighted by Crippen LogP contribution is -2.59. The Morgan fingerprint density at radius 2 is 1.37 bits per heavy atom. The van der Waals surface area contributed by atoms with Crippen LogP contribution in [0.15, 0.2) is 30.3 Å². The summed E-state index contributed by atoms with van der Waals surface area (Å²) in [5.41, 5.74) is 0.186. The second-order valence-electron chi connectivity index (χ2n) is 10.5. The molecule has 0 heterocycles. The van der Waals surface area contributed by atoms with E-state index in [1.165, 1.54) is 7.11 Å². The molecule has 0 bridgehead atoms. The predicted molar refractivity (Wildman–Crippen MR) is 144 cm³/mol. The number of carbonyl (C=O) groups excluding carboxylic acids is 4. The fraction of sp³-hybridized carbons (Fsp3) is 0.643. The molecule has 0 aromatic heterocycles. The van der Waals surface area contributed by atoms with Crippen LogP contribution in [0.4, 0.5) is 4.79 Å². The molecule has 0 saturated heterocycles. The molecule has 0 aliphatic rings. The Bertz CT molecular complexity index is 901. The fourth-order valence-electron chi connectivity index (χ4n) is 3.52. The van der Waals surface area contributed by atoms with Crippen LogP contribution in [0.5, 0.6) is 0 Å². The molecule has 3 N–H and O–H groups in total. The lowest BCUT2D eigenvalue weighted by molar-refractivity contribution is -0.147. The van der Waals surface area contributed by atoms with E-state index in [4.69, 9.17) is 14.2 Å². The summed E-state index contributed by atoms with van der Waals surface area (Å²) in [4.78, 5) is 51.4. The standard InChI is InChI=1S/C28H45N3O7/c1-9-18(3)22(30-25(33)23(19(4)10-2)31-27(35)38-28(5,6)7)24(32)29-21(26(34)36-8)17-37-16-20-14-12-11-13-15-20/h11-15,18-19,21-23H,9-10,16-17H2,1-8H3,(H,29,32)(H,30,33)(H,31,35)/t18-,19-,21-,22-,23+/m0/s1. The normalized spacial score (nSPS) is 15.3. The van der Waals surface area contributed by atoms with Crippen LogP contribution in [0.1, 0.15) is 66.9 Å². The zero-order chi connectivity index (χ0) is 28.9. The van der Waals surface area contributed by atoms with Gasteiger partial charge in [0.25, 0.3) is 0 Å². The summed E-state index contributed by atoms with van der Waals surface area (Å²) >= 11 is 0. The third kappa shape index (κ3) is 11.5. The molecule has 1 rings (SSSR count). The van der Waals surface area contributed by atoms with Crippen molar-refractivity contribution in [3.05, 3.63) is 35.9 Å². The van der Waals surface area contributed by atoms with Gasteiger partial charge < -0.3 is 30.2 Å². The average molecular weight is 536 g/mol. The van der Waals surface area contributed by atoms with Gasteiger partial charge in [-0.25, -0.2) is 9.59 Å². The van der Waals surface area contributed by atoms with Gasteiger partial charge in [0.15, 0.2) is 6.04 Å². The second kappa shape index (κ2) is 16.0. The topological polar surface area (TPSA) is 132 Å². The SMILES string of the molecule is CC[C@H](C)[C@H](NC(=O)[C@H](NC(=O)OC(C)(C)C)[C@@H](C)CC)C(=O)N[C@@H](COCc1ccccc1)C(=O)OC. The first-order chi connectivity index (χ1) is 17.8. The number of rotatable bonds is 14. The molecule has 0 spiro atoms. The molecule has 0 unspecified atom stereocenters. The molecule has 1 aromatic rings. The molecule has 0 radical (unpaired) electrons. The summed E-state index contributed by atoms with van der Waals surface area (Å²) in [5, 5.41) is 8.08. The summed E-state index contributed by atoms with van der Waals surface area (Å²) in [6.07, 6.45) is 0.472. The van der Waals surface area contributed by atoms with Gasteiger partial charge in [-0.15, -0.1) is 0 Å². The number of nitrogens with one attached hydrogen (secondary N) is 3. The maximum Gasteiger partial charge on any atom is 0.408 e. The number of benzene rings is 1. The molecule has 5 atom stereocenters. The first kappa shape index (κ1) is 32.9. The number of methoxy groups -OCH3 is 1. The smallest absolute Gasteiger partial charge is 0.408 e. The van der Waals surface area contributed by atoms with Gasteiger partial charge in [0.1, 0.15) is 17.7 Å². The summed E-state index contributed by atoms with van der Waals surface area (Å²) in [7, 11) is 1.23. The van der Waals surface area contributed by atoms with Crippen molar-refractivity contribution in [2.75, 3.05) is 13.7 Å². The fourth-order valence-corrected chi connectivity index (χ4v) is 3.52. The highest BCUT2D eigenvalue weighted by molar-refractivity contribution is 5.93. The van der Waals surface area contributed by atoms with Gasteiger partial charge in [-0.2, -0.15) is 0 Å². The van der Waals surface area contributed by atoms with E-state index in [-0.39, 0.29) is 25.0 Å². The van der Waals surface area contributed by atoms with Gasteiger partial charge in [-0.05, 0) is 38.2 Å². The Hall–Kier alpha value is -3.14. The molecule has 0 aliphatic carbocycles. The van der Waals surface area contributed by atoms with E-state index < -0.39 is 47.6 Å². The molecule has 38 heavy (non-hydrogen) atoms. The number of alkyl carbamates (subject to hydrolysis) is 1. The molecule has 3 amide bonds. The van der Waals surface area contributed by atoms with Crippen molar-refractivity contribution in [2.45, 2.75) is 91.6 Å². The Labute approximate surface area is 226 Å². The van der Waals surface area contributed by atoms with Crippen LogP contribution in [0.25, 0.3) is 0 Å². The highest BCUT2D eigenvalue weighted by Crippen LogP contribution is 2.14. The van der Waals surface area contributed by atoms with Crippen LogP contribution in [0.2, 0.25) is 0 Å². The van der Waals surface area contributed by atoms with E-state index in [1.807, 2.05) is 58.0 Å². The Morgan fingerprint density at radius 3 is 1.87 bits per heavy atom. The molecule has 0 fully saturated rings. The van der Waals surface area contributed by atoms with Gasteiger partial charge in [0.2, 0.25) is 11.8 Å². The van der Waals surface area contributed by atoms with E-state index in [1.54, 1.807) is 20.8 Å². The summed E-state index contributed by atoms with van der Waals surface area (Å²) in [6.45, 7) is 12.8. The van der Waals surface area contributed by atoms with Gasteiger partial charge >= 0.3 is 12.1 Å². The third-order valence-electron chi connectivity index (χ3n) is 6.16. The van der Waals surface area contributed by atoms with E-state index >= 15 is 0 Å². The molecule has 0 saturated carbocycles. The first-order valence-corrected chi connectivity index (χ1v) is 13.1. The van der Waals surface area contributed by atoms with E-state index in [0.717, 1.165) is 5.56 Å². The molecule has 214 valence electrons. The van der Waals surface area contributed by atoms with Gasteiger partial charge in [-0.1, -0.05) is 70.9 Å². The molecular weight excluding hydrogens is 490 g/mol. The first-order valence-electron chi connectivity index (χ1n) is 13.1. The lowest BCUT2D eigenvalue weighted by Gasteiger charge is -2.30. The van der Waals surface area contributed by atoms with Gasteiger partial charge in [0, 0.05) is 0 Å². The van der Waals surface area contributed by atoms with E-state index in [0.29, 0.717) is 12.8 Å². The highest BCUT2D eigenvalue weighted by Gasteiger charge is 2.34. The van der Waals surface area contributed by atoms with E-state index in [9.17, 15) is 19.2 Å². The Morgan fingerprint density at radius 1 is 0.842 bits per heavy atom. The largest absolute Gasteiger partial charge is 0.467 e. The van der Waals surface area contributed by atoms with Crippen LogP contribution in [0.3, 0.4) is 0 Å². The van der Waals surface area contributed by atoms with E-state index in [2.05, 4.69) is 16.0 Å². The number of ether oxygens (including phenoxy) is 3. The minimum absolute atomic E-state index is 0.107. The van der Waals surface area contributed by atoms with Gasteiger partial charge in [0.05, 0.1) is 20.3 Å². The maximum atomic E-state index is 13.3. The van der Waals surface area contributed by atoms with Crippen molar-refractivity contribution in [3.63, 3.8) is 0 Å². The van der Waals surface area contributed by atoms with Crippen molar-refractivity contribution >= 4 is 23.9 Å².